The number of para-hydroxylation sites is 1. The minimum absolute atomic E-state index is 0.210. The van der Waals surface area contributed by atoms with Crippen LogP contribution in [0.1, 0.15) is 18.5 Å². The van der Waals surface area contributed by atoms with Gasteiger partial charge < -0.3 is 9.64 Å². The molecule has 2 atom stereocenters. The van der Waals surface area contributed by atoms with Crippen molar-refractivity contribution in [3.05, 3.63) is 66.2 Å². The highest BCUT2D eigenvalue weighted by Crippen LogP contribution is 2.43. The van der Waals surface area contributed by atoms with Crippen LogP contribution in [-0.2, 0) is 14.3 Å². The molecule has 2 aromatic carbocycles. The zero-order valence-corrected chi connectivity index (χ0v) is 12.3. The molecule has 0 aliphatic carbocycles. The molecular formula is C18H17NO3. The SMILES string of the molecule is CCOC(=O)C1C(=O)N(c2ccccc2)C1c1ccccc1. The minimum Gasteiger partial charge on any atom is -0.465 e. The van der Waals surface area contributed by atoms with E-state index in [-0.39, 0.29) is 18.6 Å². The van der Waals surface area contributed by atoms with E-state index < -0.39 is 11.9 Å². The van der Waals surface area contributed by atoms with Crippen molar-refractivity contribution in [1.29, 1.82) is 0 Å². The Morgan fingerprint density at radius 3 is 2.23 bits per heavy atom. The normalized spacial score (nSPS) is 20.4. The molecule has 0 radical (unpaired) electrons. The number of esters is 1. The lowest BCUT2D eigenvalue weighted by molar-refractivity contribution is -0.157. The molecule has 4 heteroatoms. The van der Waals surface area contributed by atoms with Crippen LogP contribution in [0.3, 0.4) is 0 Å². The van der Waals surface area contributed by atoms with E-state index in [0.29, 0.717) is 0 Å². The number of β-lactam (4-membered cyclic amide) rings is 1. The van der Waals surface area contributed by atoms with Gasteiger partial charge in [0.2, 0.25) is 5.91 Å². The number of benzene rings is 2. The second-order valence-electron chi connectivity index (χ2n) is 5.13. The Hall–Kier alpha value is -2.62. The number of hydrogen-bond donors (Lipinski definition) is 0. The molecule has 1 aliphatic heterocycles. The van der Waals surface area contributed by atoms with Crippen molar-refractivity contribution in [2.75, 3.05) is 11.5 Å². The van der Waals surface area contributed by atoms with Crippen LogP contribution in [0.25, 0.3) is 0 Å². The van der Waals surface area contributed by atoms with Gasteiger partial charge in [-0.15, -0.1) is 0 Å². The number of anilines is 1. The van der Waals surface area contributed by atoms with E-state index in [2.05, 4.69) is 0 Å². The van der Waals surface area contributed by atoms with Gasteiger partial charge >= 0.3 is 5.97 Å². The van der Waals surface area contributed by atoms with Gasteiger partial charge in [-0.1, -0.05) is 48.5 Å². The fourth-order valence-electron chi connectivity index (χ4n) is 2.82. The van der Waals surface area contributed by atoms with Gasteiger partial charge in [-0.05, 0) is 24.6 Å². The predicted octanol–water partition coefficient (Wildman–Crippen LogP) is 2.95. The molecule has 22 heavy (non-hydrogen) atoms. The average Bonchev–Trinajstić information content (AvgIpc) is 2.54. The van der Waals surface area contributed by atoms with Crippen molar-refractivity contribution in [3.63, 3.8) is 0 Å². The van der Waals surface area contributed by atoms with Gasteiger partial charge in [0.1, 0.15) is 0 Å². The molecule has 2 unspecified atom stereocenters. The predicted molar refractivity (Wildman–Crippen MR) is 83.2 cm³/mol. The van der Waals surface area contributed by atoms with E-state index in [1.807, 2.05) is 60.7 Å². The summed E-state index contributed by atoms with van der Waals surface area (Å²) in [6.45, 7) is 2.02. The summed E-state index contributed by atoms with van der Waals surface area (Å²) in [6, 6.07) is 18.7. The third kappa shape index (κ3) is 2.37. The molecule has 2 aromatic rings. The van der Waals surface area contributed by atoms with Crippen LogP contribution in [0.15, 0.2) is 60.7 Å². The second-order valence-corrected chi connectivity index (χ2v) is 5.13. The molecule has 1 aliphatic rings. The van der Waals surface area contributed by atoms with Crippen molar-refractivity contribution in [1.82, 2.24) is 0 Å². The number of rotatable bonds is 4. The molecule has 1 heterocycles. The van der Waals surface area contributed by atoms with Gasteiger partial charge in [0.15, 0.2) is 5.92 Å². The first-order chi connectivity index (χ1) is 10.7. The number of carbonyl (C=O) groups excluding carboxylic acids is 2. The van der Waals surface area contributed by atoms with Gasteiger partial charge in [-0.25, -0.2) is 0 Å². The van der Waals surface area contributed by atoms with Crippen molar-refractivity contribution >= 4 is 17.6 Å². The van der Waals surface area contributed by atoms with Gasteiger partial charge in [0.25, 0.3) is 0 Å². The summed E-state index contributed by atoms with van der Waals surface area (Å²) in [5, 5.41) is 0. The maximum Gasteiger partial charge on any atom is 0.321 e. The number of carbonyl (C=O) groups is 2. The van der Waals surface area contributed by atoms with Crippen LogP contribution >= 0.6 is 0 Å². The Morgan fingerprint density at radius 2 is 1.64 bits per heavy atom. The quantitative estimate of drug-likeness (QED) is 0.495. The van der Waals surface area contributed by atoms with Gasteiger partial charge in [0, 0.05) is 5.69 Å². The second kappa shape index (κ2) is 6.02. The maximum atomic E-state index is 12.5. The molecule has 1 amide bonds. The van der Waals surface area contributed by atoms with Crippen LogP contribution in [0.4, 0.5) is 5.69 Å². The van der Waals surface area contributed by atoms with Crippen LogP contribution in [0.5, 0.6) is 0 Å². The number of nitrogens with zero attached hydrogens (tertiary/aromatic N) is 1. The summed E-state index contributed by atoms with van der Waals surface area (Å²) in [4.78, 5) is 26.3. The van der Waals surface area contributed by atoms with E-state index in [4.69, 9.17) is 4.74 Å². The highest BCUT2D eigenvalue weighted by molar-refractivity contribution is 6.14. The van der Waals surface area contributed by atoms with Crippen molar-refractivity contribution in [2.24, 2.45) is 5.92 Å². The summed E-state index contributed by atoms with van der Waals surface area (Å²) in [6.07, 6.45) is 0. The molecule has 112 valence electrons. The van der Waals surface area contributed by atoms with Crippen LogP contribution in [-0.4, -0.2) is 18.5 Å². The third-order valence-corrected chi connectivity index (χ3v) is 3.81. The topological polar surface area (TPSA) is 46.6 Å². The van der Waals surface area contributed by atoms with E-state index in [9.17, 15) is 9.59 Å². The van der Waals surface area contributed by atoms with Gasteiger partial charge in [0.05, 0.1) is 12.6 Å². The first-order valence-electron chi connectivity index (χ1n) is 7.33. The van der Waals surface area contributed by atoms with Crippen molar-refractivity contribution < 1.29 is 14.3 Å². The maximum absolute atomic E-state index is 12.5. The molecule has 3 rings (SSSR count). The standard InChI is InChI=1S/C18H17NO3/c1-2-22-18(21)15-16(13-9-5-3-6-10-13)19(17(15)20)14-11-7-4-8-12-14/h3-12,15-16H,2H2,1H3. The van der Waals surface area contributed by atoms with Gasteiger partial charge in [-0.2, -0.15) is 0 Å². The number of amides is 1. The summed E-state index contributed by atoms with van der Waals surface area (Å²) >= 11 is 0. The molecule has 4 nitrogen and oxygen atoms in total. The Labute approximate surface area is 129 Å². The summed E-state index contributed by atoms with van der Waals surface area (Å²) < 4.78 is 5.07. The molecule has 0 N–H and O–H groups in total. The highest BCUT2D eigenvalue weighted by Gasteiger charge is 2.53. The van der Waals surface area contributed by atoms with Crippen LogP contribution in [0, 0.1) is 5.92 Å². The molecule has 1 fully saturated rings. The van der Waals surface area contributed by atoms with Gasteiger partial charge in [-0.3, -0.25) is 9.59 Å². The largest absolute Gasteiger partial charge is 0.465 e. The first kappa shape index (κ1) is 14.3. The average molecular weight is 295 g/mol. The lowest BCUT2D eigenvalue weighted by Crippen LogP contribution is -2.58. The fraction of sp³-hybridized carbons (Fsp3) is 0.222. The molecule has 0 aromatic heterocycles. The Morgan fingerprint density at radius 1 is 1.05 bits per heavy atom. The molecular weight excluding hydrogens is 278 g/mol. The Balaban J connectivity index is 1.97. The number of hydrogen-bond acceptors (Lipinski definition) is 3. The van der Waals surface area contributed by atoms with E-state index in [1.165, 1.54) is 0 Å². The molecule has 0 saturated carbocycles. The van der Waals surface area contributed by atoms with Crippen molar-refractivity contribution in [2.45, 2.75) is 13.0 Å². The van der Waals surface area contributed by atoms with E-state index >= 15 is 0 Å². The number of ether oxygens (including phenoxy) is 1. The fourth-order valence-corrected chi connectivity index (χ4v) is 2.82. The Kier molecular flexibility index (Phi) is 3.92. The monoisotopic (exact) mass is 295 g/mol. The molecule has 1 saturated heterocycles. The summed E-state index contributed by atoms with van der Waals surface area (Å²) in [5.41, 5.74) is 1.73. The first-order valence-corrected chi connectivity index (χ1v) is 7.33. The smallest absolute Gasteiger partial charge is 0.321 e. The van der Waals surface area contributed by atoms with Crippen LogP contribution < -0.4 is 4.90 Å². The highest BCUT2D eigenvalue weighted by atomic mass is 16.5. The zero-order chi connectivity index (χ0) is 15.5. The Bertz CT molecular complexity index is 669. The lowest BCUT2D eigenvalue weighted by atomic mass is 9.81. The summed E-state index contributed by atoms with van der Waals surface area (Å²) in [7, 11) is 0. The lowest BCUT2D eigenvalue weighted by Gasteiger charge is -2.45. The van der Waals surface area contributed by atoms with E-state index in [0.717, 1.165) is 11.3 Å². The molecule has 0 bridgehead atoms. The third-order valence-electron chi connectivity index (χ3n) is 3.81. The van der Waals surface area contributed by atoms with E-state index in [1.54, 1.807) is 11.8 Å². The molecule has 0 spiro atoms. The summed E-state index contributed by atoms with van der Waals surface area (Å²) in [5.74, 6) is -1.42. The van der Waals surface area contributed by atoms with Crippen molar-refractivity contribution in [3.8, 4) is 0 Å². The minimum atomic E-state index is -0.762. The van der Waals surface area contributed by atoms with Crippen LogP contribution in [0.2, 0.25) is 0 Å². The zero-order valence-electron chi connectivity index (χ0n) is 12.3.